The van der Waals surface area contributed by atoms with E-state index in [1.807, 2.05) is 19.9 Å². The van der Waals surface area contributed by atoms with Gasteiger partial charge in [0.25, 0.3) is 0 Å². The van der Waals surface area contributed by atoms with Gasteiger partial charge in [0.2, 0.25) is 0 Å². The van der Waals surface area contributed by atoms with Gasteiger partial charge in [-0.3, -0.25) is 5.10 Å². The molecule has 0 aliphatic carbocycles. The number of hydrogen-bond donors (Lipinski definition) is 1. The van der Waals surface area contributed by atoms with Crippen LogP contribution >= 0.6 is 0 Å². The number of nitrogens with zero attached hydrogens (tertiary/aromatic N) is 1. The summed E-state index contributed by atoms with van der Waals surface area (Å²) in [6.07, 6.45) is 5.60. The van der Waals surface area contributed by atoms with Crippen LogP contribution in [0.1, 0.15) is 25.1 Å². The first-order valence-corrected chi connectivity index (χ1v) is 3.54. The van der Waals surface area contributed by atoms with Crippen LogP contribution in [0.5, 0.6) is 0 Å². The highest BCUT2D eigenvalue weighted by Gasteiger charge is 1.95. The molecule has 0 unspecified atom stereocenters. The number of rotatable bonds is 2. The van der Waals surface area contributed by atoms with E-state index in [1.54, 1.807) is 12.3 Å². The summed E-state index contributed by atoms with van der Waals surface area (Å²) in [6, 6.07) is 0. The van der Waals surface area contributed by atoms with Crippen LogP contribution in [0.25, 0.3) is 12.2 Å². The maximum Gasteiger partial charge on any atom is 0.0649 e. The molecule has 58 valence electrons. The number of aromatic amines is 1. The maximum atomic E-state index is 3.91. The SMILES string of the molecule is C=Cc1cn[nH]c1C=C(C)C. The molecule has 2 nitrogen and oxygen atoms in total. The van der Waals surface area contributed by atoms with Gasteiger partial charge in [0.1, 0.15) is 0 Å². The Kier molecular flexibility index (Phi) is 2.26. The summed E-state index contributed by atoms with van der Waals surface area (Å²) < 4.78 is 0. The molecule has 0 bridgehead atoms. The van der Waals surface area contributed by atoms with Crippen molar-refractivity contribution in [1.82, 2.24) is 10.2 Å². The molecule has 1 rings (SSSR count). The van der Waals surface area contributed by atoms with E-state index in [0.29, 0.717) is 0 Å². The van der Waals surface area contributed by atoms with E-state index in [1.165, 1.54) is 5.57 Å². The van der Waals surface area contributed by atoms with Crippen molar-refractivity contribution < 1.29 is 0 Å². The molecule has 1 N–H and O–H groups in total. The number of allylic oxidation sites excluding steroid dienone is 1. The minimum atomic E-state index is 1.03. The Hall–Kier alpha value is -1.31. The predicted molar refractivity (Wildman–Crippen MR) is 48.0 cm³/mol. The van der Waals surface area contributed by atoms with Gasteiger partial charge < -0.3 is 0 Å². The van der Waals surface area contributed by atoms with Crippen molar-refractivity contribution in [2.75, 3.05) is 0 Å². The Morgan fingerprint density at radius 1 is 1.64 bits per heavy atom. The summed E-state index contributed by atoms with van der Waals surface area (Å²) in [4.78, 5) is 0. The third-order valence-electron chi connectivity index (χ3n) is 1.35. The Labute approximate surface area is 66.6 Å². The minimum absolute atomic E-state index is 1.03. The van der Waals surface area contributed by atoms with Crippen molar-refractivity contribution in [3.05, 3.63) is 29.6 Å². The van der Waals surface area contributed by atoms with Gasteiger partial charge in [-0.25, -0.2) is 0 Å². The average Bonchev–Trinajstić information content (AvgIpc) is 2.34. The summed E-state index contributed by atoms with van der Waals surface area (Å²) in [5, 5.41) is 6.80. The first-order valence-electron chi connectivity index (χ1n) is 3.54. The van der Waals surface area contributed by atoms with Crippen molar-refractivity contribution in [2.45, 2.75) is 13.8 Å². The molecule has 1 heterocycles. The molecule has 0 atom stereocenters. The highest BCUT2D eigenvalue weighted by molar-refractivity contribution is 5.61. The van der Waals surface area contributed by atoms with Gasteiger partial charge in [-0.15, -0.1) is 0 Å². The highest BCUT2D eigenvalue weighted by atomic mass is 15.1. The van der Waals surface area contributed by atoms with Crippen LogP contribution in [-0.2, 0) is 0 Å². The van der Waals surface area contributed by atoms with Crippen LogP contribution < -0.4 is 0 Å². The fourth-order valence-electron chi connectivity index (χ4n) is 0.872. The molecule has 0 amide bonds. The molecule has 0 fully saturated rings. The number of nitrogens with one attached hydrogen (secondary N) is 1. The largest absolute Gasteiger partial charge is 0.278 e. The highest BCUT2D eigenvalue weighted by Crippen LogP contribution is 2.09. The number of aromatic nitrogens is 2. The third kappa shape index (κ3) is 1.80. The van der Waals surface area contributed by atoms with Gasteiger partial charge in [-0.2, -0.15) is 5.10 Å². The molecule has 2 heteroatoms. The molecule has 0 aromatic carbocycles. The van der Waals surface area contributed by atoms with Gasteiger partial charge in [-0.05, 0) is 19.9 Å². The summed E-state index contributed by atoms with van der Waals surface area (Å²) in [6.45, 7) is 7.78. The van der Waals surface area contributed by atoms with Crippen LogP contribution in [0, 0.1) is 0 Å². The Morgan fingerprint density at radius 2 is 2.36 bits per heavy atom. The van der Waals surface area contributed by atoms with E-state index in [2.05, 4.69) is 16.8 Å². The lowest BCUT2D eigenvalue weighted by atomic mass is 10.2. The number of hydrogen-bond acceptors (Lipinski definition) is 1. The molecule has 0 aliphatic rings. The van der Waals surface area contributed by atoms with E-state index in [-0.39, 0.29) is 0 Å². The Bertz CT molecular complexity index is 278. The van der Waals surface area contributed by atoms with Gasteiger partial charge in [0.05, 0.1) is 11.9 Å². The fourth-order valence-corrected chi connectivity index (χ4v) is 0.872. The molecular formula is C9H12N2. The van der Waals surface area contributed by atoms with Gasteiger partial charge >= 0.3 is 0 Å². The molecule has 0 spiro atoms. The molecular weight excluding hydrogens is 136 g/mol. The van der Waals surface area contributed by atoms with E-state index in [4.69, 9.17) is 0 Å². The van der Waals surface area contributed by atoms with Gasteiger partial charge in [0.15, 0.2) is 0 Å². The van der Waals surface area contributed by atoms with Crippen LogP contribution in [-0.4, -0.2) is 10.2 Å². The van der Waals surface area contributed by atoms with Crippen molar-refractivity contribution in [1.29, 1.82) is 0 Å². The van der Waals surface area contributed by atoms with Gasteiger partial charge in [0, 0.05) is 5.56 Å². The quantitative estimate of drug-likeness (QED) is 0.685. The molecule has 0 radical (unpaired) electrons. The van der Waals surface area contributed by atoms with E-state index < -0.39 is 0 Å². The van der Waals surface area contributed by atoms with Crippen molar-refractivity contribution in [2.24, 2.45) is 0 Å². The molecule has 1 aromatic rings. The first-order chi connectivity index (χ1) is 5.24. The maximum absolute atomic E-state index is 3.91. The van der Waals surface area contributed by atoms with E-state index in [9.17, 15) is 0 Å². The summed E-state index contributed by atoms with van der Waals surface area (Å²) in [5.74, 6) is 0. The molecule has 11 heavy (non-hydrogen) atoms. The average molecular weight is 148 g/mol. The zero-order valence-corrected chi connectivity index (χ0v) is 6.89. The number of H-pyrrole nitrogens is 1. The monoisotopic (exact) mass is 148 g/mol. The Balaban J connectivity index is 3.03. The summed E-state index contributed by atoms with van der Waals surface area (Å²) in [7, 11) is 0. The lowest BCUT2D eigenvalue weighted by molar-refractivity contribution is 1.08. The van der Waals surface area contributed by atoms with Crippen LogP contribution in [0.2, 0.25) is 0 Å². The van der Waals surface area contributed by atoms with Gasteiger partial charge in [-0.1, -0.05) is 18.2 Å². The van der Waals surface area contributed by atoms with Crippen molar-refractivity contribution in [3.63, 3.8) is 0 Å². The lowest BCUT2D eigenvalue weighted by Crippen LogP contribution is -1.76. The second kappa shape index (κ2) is 3.19. The predicted octanol–water partition coefficient (Wildman–Crippen LogP) is 2.48. The second-order valence-corrected chi connectivity index (χ2v) is 2.66. The second-order valence-electron chi connectivity index (χ2n) is 2.66. The molecule has 1 aromatic heterocycles. The van der Waals surface area contributed by atoms with E-state index in [0.717, 1.165) is 11.3 Å². The van der Waals surface area contributed by atoms with Crippen molar-refractivity contribution in [3.8, 4) is 0 Å². The zero-order valence-electron chi connectivity index (χ0n) is 6.89. The fraction of sp³-hybridized carbons (Fsp3) is 0.222. The molecule has 0 saturated heterocycles. The molecule has 0 saturated carbocycles. The summed E-state index contributed by atoms with van der Waals surface area (Å²) in [5.41, 5.74) is 3.32. The van der Waals surface area contributed by atoms with Crippen LogP contribution in [0.15, 0.2) is 18.3 Å². The normalized spacial score (nSPS) is 9.27. The topological polar surface area (TPSA) is 28.7 Å². The van der Waals surface area contributed by atoms with Crippen LogP contribution in [0.4, 0.5) is 0 Å². The third-order valence-corrected chi connectivity index (χ3v) is 1.35. The van der Waals surface area contributed by atoms with E-state index >= 15 is 0 Å². The minimum Gasteiger partial charge on any atom is -0.278 e. The molecule has 0 aliphatic heterocycles. The lowest BCUT2D eigenvalue weighted by Gasteiger charge is -1.90. The summed E-state index contributed by atoms with van der Waals surface area (Å²) >= 11 is 0. The standard InChI is InChI=1S/C9H12N2/c1-4-8-6-10-11-9(8)5-7(2)3/h4-6H,1H2,2-3H3,(H,10,11). The van der Waals surface area contributed by atoms with Crippen molar-refractivity contribution >= 4 is 12.2 Å². The first kappa shape index (κ1) is 7.79. The Morgan fingerprint density at radius 3 is 2.91 bits per heavy atom. The van der Waals surface area contributed by atoms with Crippen LogP contribution in [0.3, 0.4) is 0 Å². The smallest absolute Gasteiger partial charge is 0.0649 e. The zero-order chi connectivity index (χ0) is 8.27.